The van der Waals surface area contributed by atoms with Crippen molar-refractivity contribution in [2.75, 3.05) is 31.6 Å². The van der Waals surface area contributed by atoms with E-state index in [4.69, 9.17) is 5.73 Å². The average molecular weight is 341 g/mol. The van der Waals surface area contributed by atoms with Crippen molar-refractivity contribution in [3.63, 3.8) is 0 Å². The summed E-state index contributed by atoms with van der Waals surface area (Å²) in [6.07, 6.45) is 7.84. The highest BCUT2D eigenvalue weighted by Crippen LogP contribution is 2.24. The van der Waals surface area contributed by atoms with Crippen LogP contribution in [0.3, 0.4) is 0 Å². The Morgan fingerprint density at radius 1 is 1.39 bits per heavy atom. The Morgan fingerprint density at radius 3 is 2.57 bits per heavy atom. The number of likely N-dealkylation sites (N-methyl/N-ethyl adjacent to an activating group) is 1. The van der Waals surface area contributed by atoms with Gasteiger partial charge in [-0.15, -0.1) is 12.4 Å². The molecule has 0 aliphatic carbocycles. The van der Waals surface area contributed by atoms with Crippen molar-refractivity contribution in [1.29, 1.82) is 0 Å². The van der Waals surface area contributed by atoms with E-state index in [0.29, 0.717) is 12.3 Å². The summed E-state index contributed by atoms with van der Waals surface area (Å²) in [4.78, 5) is 20.2. The van der Waals surface area contributed by atoms with Crippen LogP contribution in [0.25, 0.3) is 0 Å². The number of nitrogens with two attached hydrogens (primary N) is 1. The first kappa shape index (κ1) is 19.7. The predicted molar refractivity (Wildman–Crippen MR) is 96.9 cm³/mol. The summed E-state index contributed by atoms with van der Waals surface area (Å²) >= 11 is 0. The fourth-order valence-corrected chi connectivity index (χ4v) is 2.98. The van der Waals surface area contributed by atoms with E-state index in [0.717, 1.165) is 26.1 Å². The SMILES string of the molecule is CCC(N)C(=O)N(C)CCC1CCN(c2ccncc2)CC1.Cl. The van der Waals surface area contributed by atoms with E-state index < -0.39 is 0 Å². The van der Waals surface area contributed by atoms with Crippen molar-refractivity contribution in [1.82, 2.24) is 9.88 Å². The van der Waals surface area contributed by atoms with Crippen LogP contribution in [-0.2, 0) is 4.79 Å². The summed E-state index contributed by atoms with van der Waals surface area (Å²) in [5.74, 6) is 0.767. The van der Waals surface area contributed by atoms with Gasteiger partial charge in [-0.25, -0.2) is 0 Å². The predicted octanol–water partition coefficient (Wildman–Crippen LogP) is 2.31. The van der Waals surface area contributed by atoms with Crippen LogP contribution in [0, 0.1) is 5.92 Å². The third kappa shape index (κ3) is 5.66. The monoisotopic (exact) mass is 340 g/mol. The summed E-state index contributed by atoms with van der Waals surface area (Å²) in [5, 5.41) is 0. The van der Waals surface area contributed by atoms with E-state index in [2.05, 4.69) is 22.0 Å². The number of amides is 1. The molecule has 0 radical (unpaired) electrons. The first-order valence-electron chi connectivity index (χ1n) is 8.27. The van der Waals surface area contributed by atoms with Gasteiger partial charge in [0.15, 0.2) is 0 Å². The molecule has 1 aliphatic heterocycles. The van der Waals surface area contributed by atoms with Crippen molar-refractivity contribution >= 4 is 24.0 Å². The van der Waals surface area contributed by atoms with Gasteiger partial charge in [0.05, 0.1) is 6.04 Å². The molecule has 6 heteroatoms. The van der Waals surface area contributed by atoms with Gasteiger partial charge in [0.1, 0.15) is 0 Å². The number of anilines is 1. The lowest BCUT2D eigenvalue weighted by Gasteiger charge is -2.34. The second-order valence-electron chi connectivity index (χ2n) is 6.20. The smallest absolute Gasteiger partial charge is 0.239 e. The van der Waals surface area contributed by atoms with Crippen LogP contribution >= 0.6 is 12.4 Å². The van der Waals surface area contributed by atoms with E-state index in [1.807, 2.05) is 26.4 Å². The molecule has 1 fully saturated rings. The Hall–Kier alpha value is -1.33. The topological polar surface area (TPSA) is 62.5 Å². The van der Waals surface area contributed by atoms with Crippen LogP contribution in [0.2, 0.25) is 0 Å². The van der Waals surface area contributed by atoms with Gasteiger partial charge in [-0.05, 0) is 43.7 Å². The van der Waals surface area contributed by atoms with Gasteiger partial charge >= 0.3 is 0 Å². The molecule has 1 aromatic rings. The molecule has 1 aliphatic rings. The number of piperidine rings is 1. The number of pyridine rings is 1. The molecule has 2 N–H and O–H groups in total. The largest absolute Gasteiger partial charge is 0.371 e. The molecule has 2 rings (SSSR count). The lowest BCUT2D eigenvalue weighted by atomic mass is 9.93. The Kier molecular flexibility index (Phi) is 8.34. The Morgan fingerprint density at radius 2 is 2.00 bits per heavy atom. The number of rotatable bonds is 6. The van der Waals surface area contributed by atoms with Crippen LogP contribution in [0.1, 0.15) is 32.6 Å². The number of halogens is 1. The zero-order valence-electron chi connectivity index (χ0n) is 14.1. The highest BCUT2D eigenvalue weighted by Gasteiger charge is 2.21. The van der Waals surface area contributed by atoms with E-state index in [9.17, 15) is 4.79 Å². The maximum atomic E-state index is 12.0. The van der Waals surface area contributed by atoms with Gasteiger partial charge in [-0.3, -0.25) is 9.78 Å². The summed E-state index contributed by atoms with van der Waals surface area (Å²) in [6.45, 7) is 4.93. The zero-order chi connectivity index (χ0) is 15.9. The second-order valence-corrected chi connectivity index (χ2v) is 6.20. The summed E-state index contributed by atoms with van der Waals surface area (Å²) < 4.78 is 0. The average Bonchev–Trinajstić information content (AvgIpc) is 2.59. The minimum absolute atomic E-state index is 0. The zero-order valence-corrected chi connectivity index (χ0v) is 15.0. The highest BCUT2D eigenvalue weighted by atomic mass is 35.5. The molecule has 0 aromatic carbocycles. The van der Waals surface area contributed by atoms with Crippen LogP contribution in [-0.4, -0.2) is 48.5 Å². The maximum Gasteiger partial charge on any atom is 0.239 e. The van der Waals surface area contributed by atoms with Gasteiger partial charge in [-0.2, -0.15) is 0 Å². The third-order valence-electron chi connectivity index (χ3n) is 4.65. The highest BCUT2D eigenvalue weighted by molar-refractivity contribution is 5.85. The second kappa shape index (κ2) is 9.73. The van der Waals surface area contributed by atoms with Crippen molar-refractivity contribution in [2.45, 2.75) is 38.6 Å². The van der Waals surface area contributed by atoms with Crippen LogP contribution < -0.4 is 10.6 Å². The van der Waals surface area contributed by atoms with Crippen LogP contribution in [0.5, 0.6) is 0 Å². The molecule has 1 saturated heterocycles. The van der Waals surface area contributed by atoms with Crippen molar-refractivity contribution in [3.05, 3.63) is 24.5 Å². The molecule has 1 unspecified atom stereocenters. The third-order valence-corrected chi connectivity index (χ3v) is 4.65. The number of nitrogens with zero attached hydrogens (tertiary/aromatic N) is 3. The standard InChI is InChI=1S/C17H28N4O.ClH/c1-3-16(18)17(22)20(2)11-6-14-7-12-21(13-8-14)15-4-9-19-10-5-15;/h4-5,9-10,14,16H,3,6-8,11-13,18H2,1-2H3;1H. The Bertz CT molecular complexity index is 463. The molecular weight excluding hydrogens is 312 g/mol. The van der Waals surface area contributed by atoms with Gasteiger partial charge in [0, 0.05) is 44.8 Å². The number of hydrogen-bond donors (Lipinski definition) is 1. The Labute approximate surface area is 145 Å². The molecule has 1 aromatic heterocycles. The van der Waals surface area contributed by atoms with Gasteiger partial charge in [0.2, 0.25) is 5.91 Å². The molecule has 2 heterocycles. The van der Waals surface area contributed by atoms with Crippen molar-refractivity contribution in [3.8, 4) is 0 Å². The van der Waals surface area contributed by atoms with E-state index in [1.165, 1.54) is 18.5 Å². The minimum atomic E-state index is -0.349. The fraction of sp³-hybridized carbons (Fsp3) is 0.647. The number of aromatic nitrogens is 1. The molecule has 0 saturated carbocycles. The normalized spacial score (nSPS) is 16.6. The first-order chi connectivity index (χ1) is 10.6. The number of hydrogen-bond acceptors (Lipinski definition) is 4. The van der Waals surface area contributed by atoms with Gasteiger partial charge < -0.3 is 15.5 Å². The van der Waals surface area contributed by atoms with Crippen molar-refractivity contribution in [2.24, 2.45) is 11.7 Å². The molecule has 1 amide bonds. The summed E-state index contributed by atoms with van der Waals surface area (Å²) in [7, 11) is 1.87. The van der Waals surface area contributed by atoms with E-state index in [-0.39, 0.29) is 24.4 Å². The molecule has 1 atom stereocenters. The Balaban J connectivity index is 0.00000264. The summed E-state index contributed by atoms with van der Waals surface area (Å²) in [6, 6.07) is 3.79. The number of carbonyl (C=O) groups is 1. The minimum Gasteiger partial charge on any atom is -0.371 e. The maximum absolute atomic E-state index is 12.0. The quantitative estimate of drug-likeness (QED) is 0.863. The van der Waals surface area contributed by atoms with E-state index >= 15 is 0 Å². The van der Waals surface area contributed by atoms with Gasteiger partial charge in [-0.1, -0.05) is 6.92 Å². The first-order valence-corrected chi connectivity index (χ1v) is 8.27. The molecular formula is C17H29ClN4O. The van der Waals surface area contributed by atoms with Crippen LogP contribution in [0.4, 0.5) is 5.69 Å². The fourth-order valence-electron chi connectivity index (χ4n) is 2.98. The molecule has 130 valence electrons. The lowest BCUT2D eigenvalue weighted by Crippen LogP contribution is -2.42. The van der Waals surface area contributed by atoms with Crippen molar-refractivity contribution < 1.29 is 4.79 Å². The van der Waals surface area contributed by atoms with E-state index in [1.54, 1.807) is 4.90 Å². The molecule has 5 nitrogen and oxygen atoms in total. The van der Waals surface area contributed by atoms with Gasteiger partial charge in [0.25, 0.3) is 0 Å². The number of carbonyl (C=O) groups excluding carboxylic acids is 1. The molecule has 0 spiro atoms. The van der Waals surface area contributed by atoms with Crippen LogP contribution in [0.15, 0.2) is 24.5 Å². The summed E-state index contributed by atoms with van der Waals surface area (Å²) in [5.41, 5.74) is 7.06. The molecule has 23 heavy (non-hydrogen) atoms. The lowest BCUT2D eigenvalue weighted by molar-refractivity contribution is -0.131. The molecule has 0 bridgehead atoms.